The van der Waals surface area contributed by atoms with Crippen LogP contribution in [0.2, 0.25) is 0 Å². The van der Waals surface area contributed by atoms with Crippen LogP contribution in [0.3, 0.4) is 0 Å². The molecule has 1 radical (unpaired) electrons. The first kappa shape index (κ1) is 17.9. The number of rotatable bonds is 5. The molecule has 0 unspecified atom stereocenters. The van der Waals surface area contributed by atoms with E-state index < -0.39 is 18.8 Å². The summed E-state index contributed by atoms with van der Waals surface area (Å²) in [7, 11) is 1.77. The van der Waals surface area contributed by atoms with Crippen LogP contribution in [0.15, 0.2) is 115 Å². The fourth-order valence-electron chi connectivity index (χ4n) is 3.73. The van der Waals surface area contributed by atoms with Gasteiger partial charge in [0.25, 0.3) is 0 Å². The molecule has 0 atom stereocenters. The van der Waals surface area contributed by atoms with Crippen molar-refractivity contribution in [2.45, 2.75) is 0 Å². The zero-order valence-corrected chi connectivity index (χ0v) is 17.9. The monoisotopic (exact) mass is 459 g/mol. The van der Waals surface area contributed by atoms with Crippen LogP contribution in [-0.2, 0) is 0 Å². The van der Waals surface area contributed by atoms with Crippen molar-refractivity contribution >= 4 is 32.8 Å². The maximum absolute atomic E-state index is 5.87. The van der Waals surface area contributed by atoms with E-state index in [1.165, 1.54) is 14.0 Å². The van der Waals surface area contributed by atoms with E-state index in [-0.39, 0.29) is 0 Å². The molecule has 133 valence electrons. The minimum absolute atomic E-state index is 0.972. The molecular weight excluding hydrogens is 438 g/mol. The summed E-state index contributed by atoms with van der Waals surface area (Å²) in [4.78, 5) is 0. The number of hydrogen-bond acceptors (Lipinski definition) is 1. The third-order valence-corrected chi connectivity index (χ3v) is 17.2. The van der Waals surface area contributed by atoms with E-state index in [9.17, 15) is 0 Å². The normalized spacial score (nSPS) is 11.1. The predicted octanol–water partition coefficient (Wildman–Crippen LogP) is 3.07. The van der Waals surface area contributed by atoms with Crippen LogP contribution in [0.4, 0.5) is 0 Å². The third-order valence-electron chi connectivity index (χ3n) is 4.88. The summed E-state index contributed by atoms with van der Waals surface area (Å²) < 4.78 is 11.4. The van der Waals surface area contributed by atoms with Gasteiger partial charge in [0.1, 0.15) is 0 Å². The van der Waals surface area contributed by atoms with Crippen molar-refractivity contribution in [1.29, 1.82) is 0 Å². The van der Waals surface area contributed by atoms with Gasteiger partial charge in [-0.05, 0) is 0 Å². The van der Waals surface area contributed by atoms with E-state index in [1.54, 1.807) is 7.11 Å². The number of ether oxygens (including phenoxy) is 1. The molecule has 0 aliphatic rings. The predicted molar refractivity (Wildman–Crippen MR) is 117 cm³/mol. The second-order valence-electron chi connectivity index (χ2n) is 6.35. The van der Waals surface area contributed by atoms with E-state index in [4.69, 9.17) is 4.74 Å². The average molecular weight is 460 g/mol. The van der Waals surface area contributed by atoms with Crippen molar-refractivity contribution in [3.8, 4) is 5.75 Å². The molecule has 0 amide bonds. The number of para-hydroxylation sites is 1. The van der Waals surface area contributed by atoms with E-state index in [2.05, 4.69) is 115 Å². The van der Waals surface area contributed by atoms with Gasteiger partial charge in [-0.15, -0.1) is 0 Å². The molecule has 0 aliphatic carbocycles. The molecule has 4 aromatic rings. The molecule has 4 rings (SSSR count). The van der Waals surface area contributed by atoms with Crippen LogP contribution in [0.25, 0.3) is 0 Å². The second kappa shape index (κ2) is 8.03. The van der Waals surface area contributed by atoms with Crippen LogP contribution in [0.5, 0.6) is 5.75 Å². The Hall–Kier alpha value is -2.50. The molecule has 0 N–H and O–H groups in total. The van der Waals surface area contributed by atoms with Gasteiger partial charge < -0.3 is 0 Å². The van der Waals surface area contributed by atoms with Gasteiger partial charge in [0.2, 0.25) is 0 Å². The number of methoxy groups -OCH3 is 1. The molecule has 0 aromatic heterocycles. The van der Waals surface area contributed by atoms with E-state index >= 15 is 0 Å². The standard InChI is InChI=1S/C7H7O.3C6H5.Sb/c1-8-7-5-3-2-4-6-7;3*1-2-4-6-5-3-1;/h2-5H,1H3;3*1-5H;. The third kappa shape index (κ3) is 3.17. The van der Waals surface area contributed by atoms with Crippen molar-refractivity contribution in [3.05, 3.63) is 115 Å². The van der Waals surface area contributed by atoms with Gasteiger partial charge in [-0.1, -0.05) is 0 Å². The second-order valence-corrected chi connectivity index (χ2v) is 16.0. The van der Waals surface area contributed by atoms with Gasteiger partial charge in [-0.25, -0.2) is 0 Å². The Bertz CT molecular complexity index is 901. The molecule has 0 saturated heterocycles. The summed E-state index contributed by atoms with van der Waals surface area (Å²) in [6.07, 6.45) is 0. The summed E-state index contributed by atoms with van der Waals surface area (Å²) >= 11 is -3.38. The van der Waals surface area contributed by atoms with Crippen molar-refractivity contribution < 1.29 is 4.74 Å². The van der Waals surface area contributed by atoms with Gasteiger partial charge in [-0.3, -0.25) is 0 Å². The Balaban J connectivity index is 2.17. The van der Waals surface area contributed by atoms with Crippen LogP contribution in [-0.4, -0.2) is 25.9 Å². The number of hydrogen-bond donors (Lipinski definition) is 0. The van der Waals surface area contributed by atoms with Gasteiger partial charge in [-0.2, -0.15) is 0 Å². The quantitative estimate of drug-likeness (QED) is 0.417. The number of benzene rings is 4. The Kier molecular flexibility index (Phi) is 5.32. The fourth-order valence-corrected chi connectivity index (χ4v) is 16.3. The summed E-state index contributed by atoms with van der Waals surface area (Å²) in [5, 5.41) is 0. The zero-order chi connectivity index (χ0) is 18.5. The topological polar surface area (TPSA) is 9.23 Å². The van der Waals surface area contributed by atoms with Crippen LogP contribution in [0, 0.1) is 0 Å². The molecular formula is C25H22OSb. The Morgan fingerprint density at radius 1 is 0.481 bits per heavy atom. The molecule has 0 aliphatic heterocycles. The van der Waals surface area contributed by atoms with Crippen molar-refractivity contribution in [2.24, 2.45) is 0 Å². The first-order valence-electron chi connectivity index (χ1n) is 9.07. The molecule has 0 heterocycles. The summed E-state index contributed by atoms with van der Waals surface area (Å²) in [5.41, 5.74) is 0. The van der Waals surface area contributed by atoms with Crippen molar-refractivity contribution in [3.63, 3.8) is 0 Å². The average Bonchev–Trinajstić information content (AvgIpc) is 2.77. The van der Waals surface area contributed by atoms with Gasteiger partial charge in [0.05, 0.1) is 0 Å². The SMILES string of the molecule is COc1cccc[c]1[Sb]([c]1ccccc1)([c]1ccccc1)[c]1ccccc1. The van der Waals surface area contributed by atoms with Gasteiger partial charge in [0.15, 0.2) is 0 Å². The van der Waals surface area contributed by atoms with Gasteiger partial charge in [0, 0.05) is 0 Å². The molecule has 0 spiro atoms. The Morgan fingerprint density at radius 3 is 1.26 bits per heavy atom. The molecule has 1 nitrogen and oxygen atoms in total. The molecule has 0 saturated carbocycles. The van der Waals surface area contributed by atoms with E-state index in [0.717, 1.165) is 5.75 Å². The molecule has 0 fully saturated rings. The van der Waals surface area contributed by atoms with Crippen LogP contribution in [0.1, 0.15) is 0 Å². The zero-order valence-electron chi connectivity index (χ0n) is 15.3. The summed E-state index contributed by atoms with van der Waals surface area (Å²) in [6, 6.07) is 41.5. The first-order chi connectivity index (χ1) is 13.4. The Morgan fingerprint density at radius 2 is 0.852 bits per heavy atom. The van der Waals surface area contributed by atoms with Crippen molar-refractivity contribution in [1.82, 2.24) is 0 Å². The van der Waals surface area contributed by atoms with Crippen molar-refractivity contribution in [2.75, 3.05) is 7.11 Å². The maximum atomic E-state index is 5.87. The molecule has 0 bridgehead atoms. The van der Waals surface area contributed by atoms with Gasteiger partial charge >= 0.3 is 166 Å². The van der Waals surface area contributed by atoms with Crippen LogP contribution >= 0.6 is 0 Å². The van der Waals surface area contributed by atoms with E-state index in [1.807, 2.05) is 0 Å². The fraction of sp³-hybridized carbons (Fsp3) is 0.0400. The molecule has 2 heteroatoms. The molecule has 27 heavy (non-hydrogen) atoms. The molecule has 4 aromatic carbocycles. The van der Waals surface area contributed by atoms with Crippen LogP contribution < -0.4 is 18.8 Å². The van der Waals surface area contributed by atoms with E-state index in [0.29, 0.717) is 0 Å². The first-order valence-corrected chi connectivity index (χ1v) is 14.2. The Labute approximate surface area is 165 Å². The summed E-state index contributed by atoms with van der Waals surface area (Å²) in [6.45, 7) is 0. The minimum atomic E-state index is -3.38. The summed E-state index contributed by atoms with van der Waals surface area (Å²) in [5.74, 6) is 0.972.